The van der Waals surface area contributed by atoms with Gasteiger partial charge in [0.25, 0.3) is 5.56 Å². The van der Waals surface area contributed by atoms with Crippen LogP contribution in [-0.4, -0.2) is 26.5 Å². The lowest BCUT2D eigenvalue weighted by Crippen LogP contribution is -2.32. The number of fused-ring (bicyclic) bond motifs is 1. The Bertz CT molecular complexity index is 975. The molecule has 1 fully saturated rings. The van der Waals surface area contributed by atoms with Gasteiger partial charge < -0.3 is 14.6 Å². The smallest absolute Gasteiger partial charge is 0.328 e. The second-order valence-electron chi connectivity index (χ2n) is 8.60. The van der Waals surface area contributed by atoms with Gasteiger partial charge in [-0.1, -0.05) is 37.8 Å². The predicted octanol–water partition coefficient (Wildman–Crippen LogP) is 3.96. The van der Waals surface area contributed by atoms with Gasteiger partial charge in [-0.05, 0) is 32.3 Å². The molecule has 0 amide bonds. The zero-order chi connectivity index (χ0) is 20.6. The Labute approximate surface area is 169 Å². The maximum Gasteiger partial charge on any atom is 0.328 e. The predicted molar refractivity (Wildman–Crippen MR) is 107 cm³/mol. The molecule has 154 valence electrons. The van der Waals surface area contributed by atoms with Gasteiger partial charge in [0, 0.05) is 18.1 Å². The van der Waals surface area contributed by atoms with Crippen molar-refractivity contribution in [2.45, 2.75) is 64.0 Å². The van der Waals surface area contributed by atoms with Crippen molar-refractivity contribution in [1.29, 1.82) is 0 Å². The summed E-state index contributed by atoms with van der Waals surface area (Å²) in [6.07, 6.45) is 6.85. The molecule has 2 aromatic rings. The van der Waals surface area contributed by atoms with E-state index in [2.05, 4.69) is 5.10 Å². The molecule has 0 radical (unpaired) electrons. The lowest BCUT2D eigenvalue weighted by molar-refractivity contribution is -0.142. The van der Waals surface area contributed by atoms with E-state index in [1.165, 1.54) is 12.3 Å². The Morgan fingerprint density at radius 3 is 2.83 bits per heavy atom. The minimum atomic E-state index is -1.03. The maximum absolute atomic E-state index is 12.6. The van der Waals surface area contributed by atoms with E-state index in [0.29, 0.717) is 23.8 Å². The standard InChI is InChI=1S/C22H26N2O5/c1-22(2)12-15-8-5-9-18(20(15)29-22)28-16-11-19(25)24(23-13-16)17(21(26)27)10-14-6-3-4-7-14/h5,8-9,11,13-14,17H,3-4,6-7,10,12H2,1-2H3,(H,26,27). The Kier molecular flexibility index (Phi) is 5.06. The zero-order valence-corrected chi connectivity index (χ0v) is 16.8. The first-order valence-electron chi connectivity index (χ1n) is 10.1. The lowest BCUT2D eigenvalue weighted by atomic mass is 9.98. The summed E-state index contributed by atoms with van der Waals surface area (Å²) in [5.74, 6) is 0.752. The summed E-state index contributed by atoms with van der Waals surface area (Å²) in [4.78, 5) is 24.4. The van der Waals surface area contributed by atoms with E-state index in [1.807, 2.05) is 26.0 Å². The second-order valence-corrected chi connectivity index (χ2v) is 8.60. The van der Waals surface area contributed by atoms with Crippen molar-refractivity contribution in [1.82, 2.24) is 9.78 Å². The minimum Gasteiger partial charge on any atom is -0.483 e. The fourth-order valence-electron chi connectivity index (χ4n) is 4.35. The highest BCUT2D eigenvalue weighted by Gasteiger charge is 2.32. The van der Waals surface area contributed by atoms with Gasteiger partial charge in [0.2, 0.25) is 0 Å². The number of hydrogen-bond acceptors (Lipinski definition) is 5. The van der Waals surface area contributed by atoms with Crippen LogP contribution in [0.3, 0.4) is 0 Å². The summed E-state index contributed by atoms with van der Waals surface area (Å²) < 4.78 is 12.9. The molecule has 29 heavy (non-hydrogen) atoms. The number of para-hydroxylation sites is 1. The third-order valence-corrected chi connectivity index (χ3v) is 5.70. The van der Waals surface area contributed by atoms with Crippen molar-refractivity contribution >= 4 is 5.97 Å². The fraction of sp³-hybridized carbons (Fsp3) is 0.500. The van der Waals surface area contributed by atoms with Crippen LogP contribution in [0.15, 0.2) is 35.3 Å². The molecule has 1 aromatic heterocycles. The summed E-state index contributed by atoms with van der Waals surface area (Å²) in [5, 5.41) is 13.7. The number of benzene rings is 1. The molecule has 2 aliphatic rings. The molecule has 4 rings (SSSR count). The lowest BCUT2D eigenvalue weighted by Gasteiger charge is -2.19. The van der Waals surface area contributed by atoms with Crippen LogP contribution in [0.5, 0.6) is 17.2 Å². The van der Waals surface area contributed by atoms with Gasteiger partial charge in [-0.25, -0.2) is 9.48 Å². The minimum absolute atomic E-state index is 0.262. The molecular weight excluding hydrogens is 372 g/mol. The number of hydrogen-bond donors (Lipinski definition) is 1. The van der Waals surface area contributed by atoms with Gasteiger partial charge in [0.1, 0.15) is 5.60 Å². The van der Waals surface area contributed by atoms with Crippen LogP contribution >= 0.6 is 0 Å². The van der Waals surface area contributed by atoms with Gasteiger partial charge in [0.15, 0.2) is 23.3 Å². The average Bonchev–Trinajstić information content (AvgIpc) is 3.26. The third kappa shape index (κ3) is 4.13. The monoisotopic (exact) mass is 398 g/mol. The summed E-state index contributed by atoms with van der Waals surface area (Å²) in [7, 11) is 0. The Balaban J connectivity index is 1.56. The number of nitrogens with zero attached hydrogens (tertiary/aromatic N) is 2. The van der Waals surface area contributed by atoms with Crippen molar-refractivity contribution in [3.63, 3.8) is 0 Å². The maximum atomic E-state index is 12.6. The van der Waals surface area contributed by atoms with Gasteiger partial charge >= 0.3 is 5.97 Å². The SMILES string of the molecule is CC1(C)Cc2cccc(Oc3cnn(C(CC4CCCC4)C(=O)O)c(=O)c3)c2O1. The van der Waals surface area contributed by atoms with Crippen molar-refractivity contribution in [3.8, 4) is 17.2 Å². The molecule has 7 heteroatoms. The molecule has 0 spiro atoms. The van der Waals surface area contributed by atoms with E-state index in [0.717, 1.165) is 42.3 Å². The number of carboxylic acid groups (broad SMARTS) is 1. The molecule has 1 aliphatic heterocycles. The molecule has 7 nitrogen and oxygen atoms in total. The van der Waals surface area contributed by atoms with E-state index in [9.17, 15) is 14.7 Å². The van der Waals surface area contributed by atoms with Crippen LogP contribution in [0.1, 0.15) is 57.6 Å². The van der Waals surface area contributed by atoms with Crippen LogP contribution in [0, 0.1) is 5.92 Å². The molecule has 1 aromatic carbocycles. The van der Waals surface area contributed by atoms with Crippen LogP contribution in [-0.2, 0) is 11.2 Å². The first kappa shape index (κ1) is 19.5. The van der Waals surface area contributed by atoms with Crippen molar-refractivity contribution in [3.05, 3.63) is 46.4 Å². The average molecular weight is 398 g/mol. The van der Waals surface area contributed by atoms with E-state index >= 15 is 0 Å². The highest BCUT2D eigenvalue weighted by atomic mass is 16.5. The van der Waals surface area contributed by atoms with Crippen molar-refractivity contribution in [2.75, 3.05) is 0 Å². The van der Waals surface area contributed by atoms with Gasteiger partial charge in [-0.3, -0.25) is 4.79 Å². The van der Waals surface area contributed by atoms with Crippen molar-refractivity contribution < 1.29 is 19.4 Å². The Hall–Kier alpha value is -2.83. The highest BCUT2D eigenvalue weighted by molar-refractivity contribution is 5.71. The number of rotatable bonds is 6. The number of carboxylic acids is 1. The van der Waals surface area contributed by atoms with Crippen molar-refractivity contribution in [2.24, 2.45) is 5.92 Å². The first-order valence-corrected chi connectivity index (χ1v) is 10.1. The largest absolute Gasteiger partial charge is 0.483 e. The number of aromatic nitrogens is 2. The van der Waals surface area contributed by atoms with E-state index in [-0.39, 0.29) is 11.4 Å². The van der Waals surface area contributed by atoms with Gasteiger partial charge in [0.05, 0.1) is 6.20 Å². The number of carbonyl (C=O) groups is 1. The topological polar surface area (TPSA) is 90.7 Å². The molecule has 1 unspecified atom stereocenters. The molecular formula is C22H26N2O5. The summed E-state index contributed by atoms with van der Waals surface area (Å²) >= 11 is 0. The summed E-state index contributed by atoms with van der Waals surface area (Å²) in [5.41, 5.74) is 0.260. The van der Waals surface area contributed by atoms with Crippen LogP contribution in [0.25, 0.3) is 0 Å². The number of aliphatic carboxylic acids is 1. The molecule has 1 N–H and O–H groups in total. The van der Waals surface area contributed by atoms with E-state index in [1.54, 1.807) is 6.07 Å². The fourth-order valence-corrected chi connectivity index (χ4v) is 4.35. The van der Waals surface area contributed by atoms with Crippen LogP contribution in [0.4, 0.5) is 0 Å². The van der Waals surface area contributed by atoms with Crippen LogP contribution in [0.2, 0.25) is 0 Å². The highest BCUT2D eigenvalue weighted by Crippen LogP contribution is 2.43. The van der Waals surface area contributed by atoms with Gasteiger partial charge in [-0.15, -0.1) is 0 Å². The zero-order valence-electron chi connectivity index (χ0n) is 16.8. The normalized spacial score (nSPS) is 18.8. The first-order chi connectivity index (χ1) is 13.8. The third-order valence-electron chi connectivity index (χ3n) is 5.70. The summed E-state index contributed by atoms with van der Waals surface area (Å²) in [6, 6.07) is 6.00. The van der Waals surface area contributed by atoms with E-state index in [4.69, 9.17) is 9.47 Å². The molecule has 2 heterocycles. The van der Waals surface area contributed by atoms with Crippen LogP contribution < -0.4 is 15.0 Å². The molecule has 0 saturated heterocycles. The summed E-state index contributed by atoms with van der Waals surface area (Å²) in [6.45, 7) is 4.02. The molecule has 1 saturated carbocycles. The molecule has 0 bridgehead atoms. The Morgan fingerprint density at radius 1 is 1.38 bits per heavy atom. The number of ether oxygens (including phenoxy) is 2. The second kappa shape index (κ2) is 7.54. The van der Waals surface area contributed by atoms with E-state index < -0.39 is 17.6 Å². The Morgan fingerprint density at radius 2 is 2.14 bits per heavy atom. The quantitative estimate of drug-likeness (QED) is 0.792. The molecule has 1 atom stereocenters. The van der Waals surface area contributed by atoms with Gasteiger partial charge in [-0.2, -0.15) is 5.10 Å². The molecule has 1 aliphatic carbocycles.